The van der Waals surface area contributed by atoms with Crippen LogP contribution in [0.3, 0.4) is 0 Å². The molecule has 0 aromatic carbocycles. The minimum Gasteiger partial charge on any atom is -0.253 e. The van der Waals surface area contributed by atoms with E-state index in [0.29, 0.717) is 0 Å². The Bertz CT molecular complexity index is 391. The van der Waals surface area contributed by atoms with Gasteiger partial charge in [-0.3, -0.25) is 4.98 Å². The van der Waals surface area contributed by atoms with E-state index in [9.17, 15) is 0 Å². The zero-order chi connectivity index (χ0) is 12.3. The number of aromatic nitrogens is 1. The lowest BCUT2D eigenvalue weighted by molar-refractivity contribution is 1.43. The molecule has 3 aromatic heterocycles. The van der Waals surface area contributed by atoms with Gasteiger partial charge in [-0.05, 0) is 58.6 Å². The molecule has 90 valence electrons. The van der Waals surface area contributed by atoms with Gasteiger partial charge in [-0.25, -0.2) is 0 Å². The molecule has 0 fully saturated rings. The molecule has 0 unspecified atom stereocenters. The van der Waals surface area contributed by atoms with E-state index in [1.165, 1.54) is 11.1 Å². The molecule has 0 saturated carbocycles. The number of hydrogen-bond donors (Lipinski definition) is 0. The third-order valence-electron chi connectivity index (χ3n) is 1.67. The first kappa shape index (κ1) is 14.1. The van der Waals surface area contributed by atoms with Gasteiger partial charge in [0.1, 0.15) is 0 Å². The van der Waals surface area contributed by atoms with Gasteiger partial charge in [0.2, 0.25) is 0 Å². The average molecular weight is 281 g/mol. The zero-order valence-corrected chi connectivity index (χ0v) is 12.3. The molecule has 4 heteroatoms. The van der Waals surface area contributed by atoms with Gasteiger partial charge < -0.3 is 0 Å². The molecule has 0 aliphatic carbocycles. The van der Waals surface area contributed by atoms with Crippen LogP contribution >= 0.6 is 34.0 Å². The van der Waals surface area contributed by atoms with Crippen molar-refractivity contribution in [1.82, 2.24) is 4.98 Å². The number of aryl methyl sites for hydroxylation is 2. The van der Waals surface area contributed by atoms with Crippen molar-refractivity contribution in [3.63, 3.8) is 0 Å². The van der Waals surface area contributed by atoms with Crippen LogP contribution in [0.2, 0.25) is 0 Å². The van der Waals surface area contributed by atoms with E-state index < -0.39 is 0 Å². The molecule has 0 aliphatic rings. The third-order valence-corrected chi connectivity index (χ3v) is 3.80. The minimum atomic E-state index is 1.36. The van der Waals surface area contributed by atoms with Crippen molar-refractivity contribution in [2.75, 3.05) is 0 Å². The quantitative estimate of drug-likeness (QED) is 0.548. The first-order valence-electron chi connectivity index (χ1n) is 5.09. The second-order valence-electron chi connectivity index (χ2n) is 3.28. The Morgan fingerprint density at radius 1 is 0.824 bits per heavy atom. The summed E-state index contributed by atoms with van der Waals surface area (Å²) < 4.78 is 0. The lowest BCUT2D eigenvalue weighted by atomic mass is 10.4. The molecular weight excluding hydrogens is 266 g/mol. The van der Waals surface area contributed by atoms with Crippen LogP contribution in [0.25, 0.3) is 0 Å². The van der Waals surface area contributed by atoms with Crippen LogP contribution < -0.4 is 0 Å². The molecule has 0 aliphatic heterocycles. The fraction of sp³-hybridized carbons (Fsp3) is 0.154. The second kappa shape index (κ2) is 9.10. The van der Waals surface area contributed by atoms with Crippen molar-refractivity contribution >= 4 is 34.0 Å². The Labute approximate surface area is 114 Å². The van der Waals surface area contributed by atoms with Gasteiger partial charge in [-0.15, -0.1) is 11.3 Å². The minimum absolute atomic E-state index is 1.36. The van der Waals surface area contributed by atoms with Crippen LogP contribution in [0.5, 0.6) is 0 Å². The normalized spacial score (nSPS) is 8.59. The highest BCUT2D eigenvalue weighted by Crippen LogP contribution is 2.02. The van der Waals surface area contributed by atoms with E-state index in [0.717, 1.165) is 0 Å². The second-order valence-corrected chi connectivity index (χ2v) is 5.59. The highest BCUT2D eigenvalue weighted by Gasteiger charge is 1.75. The standard InChI is InChI=1S/2C5H6S.C3H3NS/c2*1-5-2-3-6-4-5;1-2-5-3-4-1/h2*2-4H,1H3;1-3H. The van der Waals surface area contributed by atoms with Crippen molar-refractivity contribution < 1.29 is 0 Å². The summed E-state index contributed by atoms with van der Waals surface area (Å²) in [4.78, 5) is 3.74. The summed E-state index contributed by atoms with van der Waals surface area (Å²) in [6.07, 6.45) is 1.77. The van der Waals surface area contributed by atoms with Crippen molar-refractivity contribution in [2.45, 2.75) is 13.8 Å². The lowest BCUT2D eigenvalue weighted by Gasteiger charge is -1.65. The van der Waals surface area contributed by atoms with E-state index in [4.69, 9.17) is 0 Å². The third kappa shape index (κ3) is 7.85. The summed E-state index contributed by atoms with van der Waals surface area (Å²) in [6.45, 7) is 4.19. The monoisotopic (exact) mass is 281 g/mol. The van der Waals surface area contributed by atoms with Crippen LogP contribution in [-0.2, 0) is 0 Å². The topological polar surface area (TPSA) is 12.9 Å². The Balaban J connectivity index is 0.000000128. The molecule has 17 heavy (non-hydrogen) atoms. The van der Waals surface area contributed by atoms with Crippen molar-refractivity contribution in [3.05, 3.63) is 61.9 Å². The van der Waals surface area contributed by atoms with Crippen LogP contribution in [0.1, 0.15) is 11.1 Å². The summed E-state index contributed by atoms with van der Waals surface area (Å²) in [5.74, 6) is 0. The zero-order valence-electron chi connectivity index (χ0n) is 9.87. The molecule has 3 heterocycles. The predicted octanol–water partition coefficient (Wildman–Crippen LogP) is 5.26. The molecule has 0 radical (unpaired) electrons. The smallest absolute Gasteiger partial charge is 0.0791 e. The number of nitrogens with zero attached hydrogens (tertiary/aromatic N) is 1. The van der Waals surface area contributed by atoms with Gasteiger partial charge in [0.05, 0.1) is 5.51 Å². The van der Waals surface area contributed by atoms with Crippen molar-refractivity contribution in [1.29, 1.82) is 0 Å². The van der Waals surface area contributed by atoms with Gasteiger partial charge >= 0.3 is 0 Å². The van der Waals surface area contributed by atoms with E-state index in [2.05, 4.69) is 52.5 Å². The SMILES string of the molecule is Cc1ccsc1.Cc1ccsc1.c1cscn1. The maximum atomic E-state index is 3.74. The number of thiophene rings is 2. The highest BCUT2D eigenvalue weighted by atomic mass is 32.1. The van der Waals surface area contributed by atoms with Crippen molar-refractivity contribution in [2.24, 2.45) is 0 Å². The van der Waals surface area contributed by atoms with Gasteiger partial charge in [0, 0.05) is 11.6 Å². The summed E-state index contributed by atoms with van der Waals surface area (Å²) in [5.41, 5.74) is 4.51. The molecular formula is C13H15NS3. The molecule has 3 aromatic rings. The number of thiazole rings is 1. The average Bonchev–Trinajstić information content (AvgIpc) is 2.99. The molecule has 3 rings (SSSR count). The number of rotatable bonds is 0. The first-order chi connectivity index (χ1) is 8.29. The molecule has 0 saturated heterocycles. The van der Waals surface area contributed by atoms with E-state index in [1.807, 2.05) is 5.38 Å². The Kier molecular flexibility index (Phi) is 7.54. The molecule has 1 nitrogen and oxygen atoms in total. The van der Waals surface area contributed by atoms with Crippen molar-refractivity contribution in [3.8, 4) is 0 Å². The van der Waals surface area contributed by atoms with Crippen LogP contribution in [0.4, 0.5) is 0 Å². The fourth-order valence-corrected chi connectivity index (χ4v) is 2.52. The van der Waals surface area contributed by atoms with Gasteiger partial charge in [0.15, 0.2) is 0 Å². The molecule has 0 spiro atoms. The van der Waals surface area contributed by atoms with Crippen LogP contribution in [0, 0.1) is 13.8 Å². The lowest BCUT2D eigenvalue weighted by Crippen LogP contribution is -1.47. The summed E-state index contributed by atoms with van der Waals surface area (Å²) in [7, 11) is 0. The summed E-state index contributed by atoms with van der Waals surface area (Å²) >= 11 is 5.08. The van der Waals surface area contributed by atoms with Gasteiger partial charge in [-0.2, -0.15) is 22.7 Å². The van der Waals surface area contributed by atoms with Crippen LogP contribution in [-0.4, -0.2) is 4.98 Å². The molecule has 0 bridgehead atoms. The van der Waals surface area contributed by atoms with Gasteiger partial charge in [0.25, 0.3) is 0 Å². The largest absolute Gasteiger partial charge is 0.253 e. The molecule has 0 N–H and O–H groups in total. The van der Waals surface area contributed by atoms with Crippen LogP contribution in [0.15, 0.2) is 50.7 Å². The van der Waals surface area contributed by atoms with E-state index in [1.54, 1.807) is 45.7 Å². The molecule has 0 amide bonds. The first-order valence-corrected chi connectivity index (χ1v) is 7.91. The van der Waals surface area contributed by atoms with E-state index >= 15 is 0 Å². The fourth-order valence-electron chi connectivity index (χ4n) is 0.841. The summed E-state index contributed by atoms with van der Waals surface area (Å²) in [6, 6.07) is 4.20. The molecule has 0 atom stereocenters. The predicted molar refractivity (Wildman–Crippen MR) is 80.2 cm³/mol. The number of hydrogen-bond acceptors (Lipinski definition) is 4. The Morgan fingerprint density at radius 3 is 1.53 bits per heavy atom. The maximum absolute atomic E-state index is 3.74. The Hall–Kier alpha value is -0.970. The van der Waals surface area contributed by atoms with Gasteiger partial charge in [-0.1, -0.05) is 0 Å². The Morgan fingerprint density at radius 2 is 1.41 bits per heavy atom. The highest BCUT2D eigenvalue weighted by molar-refractivity contribution is 7.08. The van der Waals surface area contributed by atoms with E-state index in [-0.39, 0.29) is 0 Å². The maximum Gasteiger partial charge on any atom is 0.0791 e. The summed E-state index contributed by atoms with van der Waals surface area (Å²) in [5, 5.41) is 10.3.